The molecule has 0 unspecified atom stereocenters. The fourth-order valence-corrected chi connectivity index (χ4v) is 2.14. The van der Waals surface area contributed by atoms with Crippen molar-refractivity contribution >= 4 is 0 Å². The van der Waals surface area contributed by atoms with Gasteiger partial charge < -0.3 is 5.11 Å². The molecule has 20 heavy (non-hydrogen) atoms. The molecule has 0 radical (unpaired) electrons. The maximum absolute atomic E-state index is 9.41. The largest absolute Gasteiger partial charge is 0.392 e. The Labute approximate surface area is 117 Å². The Morgan fingerprint density at radius 2 is 1.90 bits per heavy atom. The van der Waals surface area contributed by atoms with Gasteiger partial charge in [0.05, 0.1) is 18.5 Å². The minimum atomic E-state index is -0.0524. The number of hydrogen-bond donors (Lipinski definition) is 1. The van der Waals surface area contributed by atoms with E-state index < -0.39 is 0 Å². The summed E-state index contributed by atoms with van der Waals surface area (Å²) in [5.74, 6) is 0. The molecule has 0 bridgehead atoms. The van der Waals surface area contributed by atoms with Crippen molar-refractivity contribution in [3.05, 3.63) is 66.2 Å². The number of hydrogen-bond acceptors (Lipinski definition) is 3. The molecule has 2 heterocycles. The van der Waals surface area contributed by atoms with Crippen LogP contribution in [0.15, 0.2) is 55.0 Å². The highest BCUT2D eigenvalue weighted by molar-refractivity contribution is 5.62. The predicted molar refractivity (Wildman–Crippen MR) is 77.5 cm³/mol. The number of aliphatic hydroxyl groups excluding tert-OH is 1. The van der Waals surface area contributed by atoms with Gasteiger partial charge in [0.25, 0.3) is 0 Å². The summed E-state index contributed by atoms with van der Waals surface area (Å²) in [6.45, 7) is 1.87. The Kier molecular flexibility index (Phi) is 3.31. The summed E-state index contributed by atoms with van der Waals surface area (Å²) < 4.78 is 1.78. The van der Waals surface area contributed by atoms with Crippen LogP contribution in [0, 0.1) is 6.92 Å². The number of nitrogens with zero attached hydrogens (tertiary/aromatic N) is 3. The third-order valence-corrected chi connectivity index (χ3v) is 3.21. The Hall–Kier alpha value is -2.46. The summed E-state index contributed by atoms with van der Waals surface area (Å²) in [7, 11) is 0. The second kappa shape index (κ2) is 5.27. The van der Waals surface area contributed by atoms with Gasteiger partial charge in [-0.25, -0.2) is 4.68 Å². The van der Waals surface area contributed by atoms with Crippen LogP contribution in [0.3, 0.4) is 0 Å². The van der Waals surface area contributed by atoms with Gasteiger partial charge in [-0.05, 0) is 18.6 Å². The average Bonchev–Trinajstić information content (AvgIpc) is 2.98. The van der Waals surface area contributed by atoms with Crippen LogP contribution < -0.4 is 0 Å². The number of pyridine rings is 1. The van der Waals surface area contributed by atoms with Crippen LogP contribution in [0.25, 0.3) is 16.8 Å². The molecular weight excluding hydrogens is 250 g/mol. The number of benzene rings is 1. The Bertz CT molecular complexity index is 720. The zero-order valence-electron chi connectivity index (χ0n) is 11.2. The predicted octanol–water partition coefficient (Wildman–Crippen LogP) is 2.74. The van der Waals surface area contributed by atoms with E-state index >= 15 is 0 Å². The molecule has 2 aromatic heterocycles. The molecule has 0 aliphatic rings. The lowest BCUT2D eigenvalue weighted by Crippen LogP contribution is -2.02. The van der Waals surface area contributed by atoms with Gasteiger partial charge in [0.15, 0.2) is 0 Å². The van der Waals surface area contributed by atoms with Gasteiger partial charge in [0.2, 0.25) is 0 Å². The van der Waals surface area contributed by atoms with Crippen LogP contribution in [-0.2, 0) is 6.61 Å². The van der Waals surface area contributed by atoms with Crippen LogP contribution in [-0.4, -0.2) is 19.9 Å². The number of aliphatic hydroxyl groups is 1. The van der Waals surface area contributed by atoms with Crippen molar-refractivity contribution < 1.29 is 5.11 Å². The highest BCUT2D eigenvalue weighted by Crippen LogP contribution is 2.21. The van der Waals surface area contributed by atoms with E-state index in [0.717, 1.165) is 28.1 Å². The number of rotatable bonds is 3. The molecule has 0 saturated carbocycles. The molecule has 0 aliphatic heterocycles. The molecule has 0 atom stereocenters. The lowest BCUT2D eigenvalue weighted by molar-refractivity contribution is 0.281. The minimum Gasteiger partial charge on any atom is -0.392 e. The molecule has 3 rings (SSSR count). The molecule has 0 aliphatic carbocycles. The molecule has 0 amide bonds. The third-order valence-electron chi connectivity index (χ3n) is 3.21. The SMILES string of the molecule is Cc1cc(-n2cc(-c3ccccc3)cn2)c(CO)cn1. The smallest absolute Gasteiger partial charge is 0.0734 e. The maximum Gasteiger partial charge on any atom is 0.0734 e. The van der Waals surface area contributed by atoms with Gasteiger partial charge in [-0.2, -0.15) is 5.10 Å². The Morgan fingerprint density at radius 3 is 2.65 bits per heavy atom. The number of aromatic nitrogens is 3. The van der Waals surface area contributed by atoms with Crippen molar-refractivity contribution in [3.63, 3.8) is 0 Å². The summed E-state index contributed by atoms with van der Waals surface area (Å²) in [6, 6.07) is 12.0. The molecule has 0 spiro atoms. The third kappa shape index (κ3) is 2.33. The molecule has 100 valence electrons. The van der Waals surface area contributed by atoms with Crippen LogP contribution >= 0.6 is 0 Å². The quantitative estimate of drug-likeness (QED) is 0.792. The van der Waals surface area contributed by atoms with E-state index in [1.54, 1.807) is 10.9 Å². The molecule has 1 aromatic carbocycles. The Morgan fingerprint density at radius 1 is 1.10 bits per heavy atom. The lowest BCUT2D eigenvalue weighted by Gasteiger charge is -2.07. The molecule has 0 fully saturated rings. The first-order chi connectivity index (χ1) is 9.78. The van der Waals surface area contributed by atoms with Gasteiger partial charge in [-0.1, -0.05) is 30.3 Å². The molecular formula is C16H15N3O. The van der Waals surface area contributed by atoms with Crippen LogP contribution in [0.4, 0.5) is 0 Å². The minimum absolute atomic E-state index is 0.0524. The zero-order chi connectivity index (χ0) is 13.9. The highest BCUT2D eigenvalue weighted by atomic mass is 16.3. The lowest BCUT2D eigenvalue weighted by atomic mass is 10.1. The van der Waals surface area contributed by atoms with E-state index in [1.807, 2.05) is 55.7 Å². The van der Waals surface area contributed by atoms with Crippen LogP contribution in [0.1, 0.15) is 11.3 Å². The van der Waals surface area contributed by atoms with Crippen molar-refractivity contribution in [2.24, 2.45) is 0 Å². The van der Waals surface area contributed by atoms with E-state index in [9.17, 15) is 5.11 Å². The summed E-state index contributed by atoms with van der Waals surface area (Å²) in [5.41, 5.74) is 4.69. The van der Waals surface area contributed by atoms with Crippen LogP contribution in [0.5, 0.6) is 0 Å². The Balaban J connectivity index is 2.04. The highest BCUT2D eigenvalue weighted by Gasteiger charge is 2.08. The van der Waals surface area contributed by atoms with Gasteiger partial charge >= 0.3 is 0 Å². The second-order valence-electron chi connectivity index (χ2n) is 4.65. The maximum atomic E-state index is 9.41. The van der Waals surface area contributed by atoms with Gasteiger partial charge in [0.1, 0.15) is 0 Å². The topological polar surface area (TPSA) is 50.9 Å². The van der Waals surface area contributed by atoms with Gasteiger partial charge in [-0.15, -0.1) is 0 Å². The number of aryl methyl sites for hydroxylation is 1. The van der Waals surface area contributed by atoms with Crippen molar-refractivity contribution in [1.29, 1.82) is 0 Å². The summed E-state index contributed by atoms with van der Waals surface area (Å²) in [6.07, 6.45) is 5.48. The van der Waals surface area contributed by atoms with Crippen molar-refractivity contribution in [1.82, 2.24) is 14.8 Å². The first-order valence-corrected chi connectivity index (χ1v) is 6.45. The molecule has 1 N–H and O–H groups in total. The summed E-state index contributed by atoms with van der Waals surface area (Å²) in [4.78, 5) is 4.20. The summed E-state index contributed by atoms with van der Waals surface area (Å²) in [5, 5.41) is 13.8. The molecule has 4 nitrogen and oxygen atoms in total. The molecule has 0 saturated heterocycles. The van der Waals surface area contributed by atoms with E-state index in [4.69, 9.17) is 0 Å². The fourth-order valence-electron chi connectivity index (χ4n) is 2.14. The average molecular weight is 265 g/mol. The first-order valence-electron chi connectivity index (χ1n) is 6.45. The van der Waals surface area contributed by atoms with Crippen LogP contribution in [0.2, 0.25) is 0 Å². The van der Waals surface area contributed by atoms with E-state index in [-0.39, 0.29) is 6.61 Å². The summed E-state index contributed by atoms with van der Waals surface area (Å²) >= 11 is 0. The fraction of sp³-hybridized carbons (Fsp3) is 0.125. The van der Waals surface area contributed by atoms with Crippen molar-refractivity contribution in [2.45, 2.75) is 13.5 Å². The van der Waals surface area contributed by atoms with Crippen molar-refractivity contribution in [2.75, 3.05) is 0 Å². The standard InChI is InChI=1S/C16H15N3O/c1-12-7-16(15(11-20)8-17-12)19-10-14(9-18-19)13-5-3-2-4-6-13/h2-10,20H,11H2,1H3. The van der Waals surface area contributed by atoms with E-state index in [2.05, 4.69) is 10.1 Å². The first kappa shape index (κ1) is 12.6. The van der Waals surface area contributed by atoms with Crippen molar-refractivity contribution in [3.8, 4) is 16.8 Å². The van der Waals surface area contributed by atoms with E-state index in [0.29, 0.717) is 0 Å². The molecule has 3 aromatic rings. The van der Waals surface area contributed by atoms with E-state index in [1.165, 1.54) is 0 Å². The normalized spacial score (nSPS) is 10.7. The van der Waals surface area contributed by atoms with Gasteiger partial charge in [-0.3, -0.25) is 4.98 Å². The second-order valence-corrected chi connectivity index (χ2v) is 4.65. The zero-order valence-corrected chi connectivity index (χ0v) is 11.2. The monoisotopic (exact) mass is 265 g/mol. The van der Waals surface area contributed by atoms with Gasteiger partial charge in [0, 0.05) is 29.2 Å². The molecule has 4 heteroatoms.